The highest BCUT2D eigenvalue weighted by Crippen LogP contribution is 2.30. The molecule has 0 saturated carbocycles. The number of carboxylic acid groups (broad SMARTS) is 1. The fourth-order valence-corrected chi connectivity index (χ4v) is 3.85. The van der Waals surface area contributed by atoms with Crippen LogP contribution in [0.4, 0.5) is 0 Å². The molecule has 1 aromatic heterocycles. The van der Waals surface area contributed by atoms with E-state index >= 15 is 0 Å². The van der Waals surface area contributed by atoms with Gasteiger partial charge in [0.15, 0.2) is 5.69 Å². The predicted octanol–water partition coefficient (Wildman–Crippen LogP) is 0.980. The van der Waals surface area contributed by atoms with Crippen LogP contribution in [-0.4, -0.2) is 48.1 Å². The Morgan fingerprint density at radius 3 is 2.56 bits per heavy atom. The molecule has 0 atom stereocenters. The van der Waals surface area contributed by atoms with Gasteiger partial charge in [0.1, 0.15) is 0 Å². The number of aromatic carboxylic acids is 1. The van der Waals surface area contributed by atoms with E-state index < -0.39 is 16.0 Å². The number of aromatic nitrogens is 1. The van der Waals surface area contributed by atoms with Crippen LogP contribution in [-0.2, 0) is 10.0 Å². The zero-order chi connectivity index (χ0) is 13.3. The smallest absolute Gasteiger partial charge is 0.355 e. The van der Waals surface area contributed by atoms with Crippen molar-refractivity contribution in [2.24, 2.45) is 0 Å². The minimum absolute atomic E-state index is 0.0699. The largest absolute Gasteiger partial charge is 0.476 e. The average molecular weight is 290 g/mol. The van der Waals surface area contributed by atoms with Gasteiger partial charge in [-0.2, -0.15) is 0 Å². The van der Waals surface area contributed by atoms with Gasteiger partial charge >= 0.3 is 5.97 Å². The molecule has 0 amide bonds. The molecule has 1 aliphatic rings. The van der Waals surface area contributed by atoms with Gasteiger partial charge in [-0.25, -0.2) is 22.5 Å². The summed E-state index contributed by atoms with van der Waals surface area (Å²) in [5.41, 5.74) is 0.0699. The highest BCUT2D eigenvalue weighted by atomic mass is 32.2. The summed E-state index contributed by atoms with van der Waals surface area (Å²) in [6.45, 7) is 0.955. The van der Waals surface area contributed by atoms with Gasteiger partial charge in [-0.15, -0.1) is 11.3 Å². The number of hydrogen-bond acceptors (Lipinski definition) is 5. The zero-order valence-electron chi connectivity index (χ0n) is 9.87. The summed E-state index contributed by atoms with van der Waals surface area (Å²) in [5.74, 6) is -0.854. The van der Waals surface area contributed by atoms with E-state index in [9.17, 15) is 13.2 Å². The van der Waals surface area contributed by atoms with E-state index in [-0.39, 0.29) is 11.6 Å². The van der Waals surface area contributed by atoms with E-state index in [2.05, 4.69) is 4.98 Å². The van der Waals surface area contributed by atoms with Crippen LogP contribution in [0, 0.1) is 0 Å². The van der Waals surface area contributed by atoms with Crippen LogP contribution in [0.5, 0.6) is 0 Å². The molecule has 2 rings (SSSR count). The standard InChI is InChI=1S/C10H14N2O4S2/c1-18(15,16)12-4-2-7(3-5-12)9-11-8(6-17-9)10(13)14/h6-7H,2-5H2,1H3,(H,13,14). The van der Waals surface area contributed by atoms with Crippen LogP contribution < -0.4 is 0 Å². The van der Waals surface area contributed by atoms with Crippen molar-refractivity contribution in [1.29, 1.82) is 0 Å². The highest BCUT2D eigenvalue weighted by Gasteiger charge is 2.27. The molecule has 100 valence electrons. The number of carboxylic acids is 1. The third kappa shape index (κ3) is 2.88. The van der Waals surface area contributed by atoms with Gasteiger partial charge in [0.25, 0.3) is 0 Å². The lowest BCUT2D eigenvalue weighted by molar-refractivity contribution is 0.0691. The molecule has 1 N–H and O–H groups in total. The Morgan fingerprint density at radius 1 is 1.50 bits per heavy atom. The van der Waals surface area contributed by atoms with Gasteiger partial charge in [-0.05, 0) is 12.8 Å². The minimum Gasteiger partial charge on any atom is -0.476 e. The number of carbonyl (C=O) groups is 1. The lowest BCUT2D eigenvalue weighted by atomic mass is 9.99. The molecule has 1 aliphatic heterocycles. The molecule has 8 heteroatoms. The fraction of sp³-hybridized carbons (Fsp3) is 0.600. The Bertz CT molecular complexity index is 544. The second-order valence-electron chi connectivity index (χ2n) is 4.31. The maximum absolute atomic E-state index is 11.4. The Morgan fingerprint density at radius 2 is 2.11 bits per heavy atom. The van der Waals surface area contributed by atoms with Gasteiger partial charge in [0, 0.05) is 24.4 Å². The summed E-state index contributed by atoms with van der Waals surface area (Å²) < 4.78 is 24.2. The Labute approximate surface area is 109 Å². The SMILES string of the molecule is CS(=O)(=O)N1CCC(c2nc(C(=O)O)cs2)CC1. The van der Waals surface area contributed by atoms with Crippen molar-refractivity contribution in [3.8, 4) is 0 Å². The van der Waals surface area contributed by atoms with Crippen LogP contribution in [0.3, 0.4) is 0 Å². The third-order valence-electron chi connectivity index (χ3n) is 3.01. The van der Waals surface area contributed by atoms with Crippen molar-refractivity contribution in [3.63, 3.8) is 0 Å². The molecule has 0 unspecified atom stereocenters. The second-order valence-corrected chi connectivity index (χ2v) is 7.18. The van der Waals surface area contributed by atoms with Gasteiger partial charge in [0.05, 0.1) is 11.3 Å². The summed E-state index contributed by atoms with van der Waals surface area (Å²) >= 11 is 1.33. The lowest BCUT2D eigenvalue weighted by Crippen LogP contribution is -2.37. The molecule has 0 bridgehead atoms. The topological polar surface area (TPSA) is 87.6 Å². The maximum Gasteiger partial charge on any atom is 0.355 e. The summed E-state index contributed by atoms with van der Waals surface area (Å²) in [7, 11) is -3.12. The first kappa shape index (κ1) is 13.4. The molecule has 1 saturated heterocycles. The van der Waals surface area contributed by atoms with E-state index in [4.69, 9.17) is 5.11 Å². The monoisotopic (exact) mass is 290 g/mol. The molecule has 1 fully saturated rings. The molecular formula is C10H14N2O4S2. The zero-order valence-corrected chi connectivity index (χ0v) is 11.5. The highest BCUT2D eigenvalue weighted by molar-refractivity contribution is 7.88. The molecule has 6 nitrogen and oxygen atoms in total. The number of sulfonamides is 1. The number of thiazole rings is 1. The first-order valence-electron chi connectivity index (χ1n) is 5.52. The maximum atomic E-state index is 11.4. The minimum atomic E-state index is -3.12. The van der Waals surface area contributed by atoms with Crippen molar-refractivity contribution in [3.05, 3.63) is 16.1 Å². The van der Waals surface area contributed by atoms with E-state index in [1.807, 2.05) is 0 Å². The van der Waals surface area contributed by atoms with Crippen LogP contribution in [0.25, 0.3) is 0 Å². The fourth-order valence-electron chi connectivity index (χ4n) is 2.01. The second kappa shape index (κ2) is 4.94. The molecule has 0 aliphatic carbocycles. The van der Waals surface area contributed by atoms with Crippen molar-refractivity contribution in [2.75, 3.05) is 19.3 Å². The normalized spacial score (nSPS) is 18.9. The molecule has 18 heavy (non-hydrogen) atoms. The van der Waals surface area contributed by atoms with Crippen LogP contribution in [0.2, 0.25) is 0 Å². The van der Waals surface area contributed by atoms with Crippen molar-refractivity contribution in [2.45, 2.75) is 18.8 Å². The van der Waals surface area contributed by atoms with E-state index in [0.717, 1.165) is 5.01 Å². The molecular weight excluding hydrogens is 276 g/mol. The van der Waals surface area contributed by atoms with Gasteiger partial charge in [-0.1, -0.05) is 0 Å². The van der Waals surface area contributed by atoms with Crippen molar-refractivity contribution in [1.82, 2.24) is 9.29 Å². The summed E-state index contributed by atoms with van der Waals surface area (Å²) in [4.78, 5) is 14.8. The predicted molar refractivity (Wildman–Crippen MR) is 67.5 cm³/mol. The lowest BCUT2D eigenvalue weighted by Gasteiger charge is -2.29. The molecule has 0 radical (unpaired) electrons. The van der Waals surface area contributed by atoms with E-state index in [1.54, 1.807) is 0 Å². The third-order valence-corrected chi connectivity index (χ3v) is 5.32. The van der Waals surface area contributed by atoms with Crippen molar-refractivity contribution >= 4 is 27.3 Å². The summed E-state index contributed by atoms with van der Waals surface area (Å²) in [5, 5.41) is 11.1. The molecule has 1 aromatic rings. The van der Waals surface area contributed by atoms with Crippen LogP contribution >= 0.6 is 11.3 Å². The number of piperidine rings is 1. The molecule has 0 spiro atoms. The number of rotatable bonds is 3. The van der Waals surface area contributed by atoms with Crippen LogP contribution in [0.15, 0.2) is 5.38 Å². The van der Waals surface area contributed by atoms with Gasteiger partial charge in [-0.3, -0.25) is 0 Å². The molecule has 0 aromatic carbocycles. The Hall–Kier alpha value is -0.990. The van der Waals surface area contributed by atoms with Crippen LogP contribution in [0.1, 0.15) is 34.3 Å². The Balaban J connectivity index is 2.03. The quantitative estimate of drug-likeness (QED) is 0.896. The first-order chi connectivity index (χ1) is 8.38. The number of nitrogens with zero attached hydrogens (tertiary/aromatic N) is 2. The van der Waals surface area contributed by atoms with Gasteiger partial charge in [0.2, 0.25) is 10.0 Å². The number of hydrogen-bond donors (Lipinski definition) is 1. The first-order valence-corrected chi connectivity index (χ1v) is 8.24. The Kier molecular flexibility index (Phi) is 3.69. The molecule has 2 heterocycles. The van der Waals surface area contributed by atoms with E-state index in [0.29, 0.717) is 25.9 Å². The average Bonchev–Trinajstić information content (AvgIpc) is 2.77. The summed E-state index contributed by atoms with van der Waals surface area (Å²) in [6.07, 6.45) is 2.60. The van der Waals surface area contributed by atoms with Gasteiger partial charge < -0.3 is 5.11 Å². The summed E-state index contributed by atoms with van der Waals surface area (Å²) in [6, 6.07) is 0. The van der Waals surface area contributed by atoms with E-state index in [1.165, 1.54) is 27.3 Å². The van der Waals surface area contributed by atoms with Crippen molar-refractivity contribution < 1.29 is 18.3 Å².